The third-order valence-corrected chi connectivity index (χ3v) is 2.61. The smallest absolute Gasteiger partial charge is 0.320 e. The lowest BCUT2D eigenvalue weighted by Crippen LogP contribution is -2.11. The lowest BCUT2D eigenvalue weighted by atomic mass is 10.2. The van der Waals surface area contributed by atoms with Crippen molar-refractivity contribution in [3.63, 3.8) is 0 Å². The summed E-state index contributed by atoms with van der Waals surface area (Å²) in [6, 6.07) is 8.40. The van der Waals surface area contributed by atoms with Crippen LogP contribution in [-0.4, -0.2) is 30.8 Å². The summed E-state index contributed by atoms with van der Waals surface area (Å²) in [5, 5.41) is 14.1. The Morgan fingerprint density at radius 2 is 2.11 bits per heavy atom. The van der Waals surface area contributed by atoms with Crippen LogP contribution in [0, 0.1) is 0 Å². The van der Waals surface area contributed by atoms with E-state index in [9.17, 15) is 0 Å². The van der Waals surface area contributed by atoms with Crippen LogP contribution in [0.1, 0.15) is 12.8 Å². The summed E-state index contributed by atoms with van der Waals surface area (Å²) in [5.74, 6) is 0.577. The van der Waals surface area contributed by atoms with E-state index in [4.69, 9.17) is 4.42 Å². The van der Waals surface area contributed by atoms with Crippen molar-refractivity contribution >= 4 is 17.4 Å². The van der Waals surface area contributed by atoms with Crippen LogP contribution in [0.2, 0.25) is 0 Å². The van der Waals surface area contributed by atoms with E-state index in [2.05, 4.69) is 20.8 Å². The van der Waals surface area contributed by atoms with E-state index in [0.29, 0.717) is 18.5 Å². The van der Waals surface area contributed by atoms with Gasteiger partial charge in [0.15, 0.2) is 0 Å². The average Bonchev–Trinajstić information content (AvgIpc) is 2.84. The van der Waals surface area contributed by atoms with Crippen molar-refractivity contribution in [3.05, 3.63) is 30.2 Å². The van der Waals surface area contributed by atoms with E-state index in [0.717, 1.165) is 17.9 Å². The van der Waals surface area contributed by atoms with E-state index in [-0.39, 0.29) is 0 Å². The molecule has 1 aromatic heterocycles. The highest BCUT2D eigenvalue weighted by Crippen LogP contribution is 2.20. The fourth-order valence-corrected chi connectivity index (χ4v) is 1.59. The first-order chi connectivity index (χ1) is 9.19. The summed E-state index contributed by atoms with van der Waals surface area (Å²) in [4.78, 5) is 2.04. The van der Waals surface area contributed by atoms with Gasteiger partial charge in [-0.15, -0.1) is 5.10 Å². The molecule has 19 heavy (non-hydrogen) atoms. The van der Waals surface area contributed by atoms with Crippen molar-refractivity contribution in [1.82, 2.24) is 15.5 Å². The Labute approximate surface area is 112 Å². The lowest BCUT2D eigenvalue weighted by Gasteiger charge is -2.13. The summed E-state index contributed by atoms with van der Waals surface area (Å²) >= 11 is 0. The molecule has 102 valence electrons. The molecular formula is C13H19N5O. The molecule has 0 saturated heterocycles. The molecule has 0 radical (unpaired) electrons. The number of hydrogen-bond donors (Lipinski definition) is 2. The van der Waals surface area contributed by atoms with Gasteiger partial charge in [0.1, 0.15) is 0 Å². The molecule has 0 saturated carbocycles. The van der Waals surface area contributed by atoms with Gasteiger partial charge in [-0.3, -0.25) is 0 Å². The Kier molecular flexibility index (Phi) is 4.35. The highest BCUT2D eigenvalue weighted by atomic mass is 16.4. The van der Waals surface area contributed by atoms with Crippen molar-refractivity contribution in [2.45, 2.75) is 13.5 Å². The monoisotopic (exact) mass is 261 g/mol. The van der Waals surface area contributed by atoms with Gasteiger partial charge in [-0.25, -0.2) is 0 Å². The predicted octanol–water partition coefficient (Wildman–Crippen LogP) is 1.99. The third-order valence-electron chi connectivity index (χ3n) is 2.61. The van der Waals surface area contributed by atoms with Crippen LogP contribution < -0.4 is 15.5 Å². The molecular weight excluding hydrogens is 242 g/mol. The molecule has 0 unspecified atom stereocenters. The molecule has 0 spiro atoms. The van der Waals surface area contributed by atoms with Crippen LogP contribution in [0.5, 0.6) is 0 Å². The number of aromatic nitrogens is 2. The van der Waals surface area contributed by atoms with Crippen LogP contribution in [-0.2, 0) is 6.54 Å². The molecule has 0 atom stereocenters. The van der Waals surface area contributed by atoms with Gasteiger partial charge in [0.25, 0.3) is 0 Å². The summed E-state index contributed by atoms with van der Waals surface area (Å²) in [6.07, 6.45) is 0. The van der Waals surface area contributed by atoms with Crippen molar-refractivity contribution in [1.29, 1.82) is 0 Å². The van der Waals surface area contributed by atoms with Crippen molar-refractivity contribution < 1.29 is 4.42 Å². The molecule has 1 aromatic carbocycles. The highest BCUT2D eigenvalue weighted by Gasteiger charge is 2.06. The Bertz CT molecular complexity index is 523. The van der Waals surface area contributed by atoms with Gasteiger partial charge in [0.05, 0.1) is 6.54 Å². The predicted molar refractivity (Wildman–Crippen MR) is 75.7 cm³/mol. The Balaban J connectivity index is 2.04. The molecule has 2 aromatic rings. The second kappa shape index (κ2) is 6.19. The first-order valence-electron chi connectivity index (χ1n) is 6.26. The molecule has 6 nitrogen and oxygen atoms in total. The van der Waals surface area contributed by atoms with Gasteiger partial charge in [0, 0.05) is 25.5 Å². The standard InChI is InChI=1S/C13H19N5O/c1-4-14-9-12-16-17-13(19-12)15-10-6-5-7-11(8-10)18(2)3/h5-8,14H,4,9H2,1-3H3,(H,15,17). The molecule has 0 fully saturated rings. The third kappa shape index (κ3) is 3.69. The van der Waals surface area contributed by atoms with E-state index >= 15 is 0 Å². The second-order valence-corrected chi connectivity index (χ2v) is 4.35. The SMILES string of the molecule is CCNCc1nnc(Nc2cccc(N(C)C)c2)o1. The minimum Gasteiger partial charge on any atom is -0.406 e. The summed E-state index contributed by atoms with van der Waals surface area (Å²) < 4.78 is 5.48. The van der Waals surface area contributed by atoms with Gasteiger partial charge in [-0.1, -0.05) is 18.1 Å². The Morgan fingerprint density at radius 1 is 1.26 bits per heavy atom. The minimum absolute atomic E-state index is 0.406. The maximum atomic E-state index is 5.48. The van der Waals surface area contributed by atoms with E-state index in [1.54, 1.807) is 0 Å². The zero-order valence-corrected chi connectivity index (χ0v) is 11.5. The zero-order chi connectivity index (χ0) is 13.7. The molecule has 0 aliphatic carbocycles. The summed E-state index contributed by atoms with van der Waals surface area (Å²) in [5.41, 5.74) is 2.03. The quantitative estimate of drug-likeness (QED) is 0.829. The number of rotatable bonds is 6. The Morgan fingerprint density at radius 3 is 2.84 bits per heavy atom. The highest BCUT2D eigenvalue weighted by molar-refractivity contribution is 5.60. The largest absolute Gasteiger partial charge is 0.406 e. The molecule has 2 rings (SSSR count). The topological polar surface area (TPSA) is 66.2 Å². The molecule has 0 aliphatic heterocycles. The van der Waals surface area contributed by atoms with E-state index in [1.165, 1.54) is 0 Å². The molecule has 0 bridgehead atoms. The first-order valence-corrected chi connectivity index (χ1v) is 6.26. The van der Waals surface area contributed by atoms with Crippen LogP contribution in [0.4, 0.5) is 17.4 Å². The van der Waals surface area contributed by atoms with Crippen molar-refractivity contribution in [2.75, 3.05) is 30.9 Å². The van der Waals surface area contributed by atoms with Gasteiger partial charge in [-0.05, 0) is 24.7 Å². The van der Waals surface area contributed by atoms with E-state index in [1.807, 2.05) is 50.2 Å². The van der Waals surface area contributed by atoms with Crippen LogP contribution in [0.25, 0.3) is 0 Å². The maximum Gasteiger partial charge on any atom is 0.320 e. The van der Waals surface area contributed by atoms with E-state index < -0.39 is 0 Å². The van der Waals surface area contributed by atoms with Crippen LogP contribution in [0.15, 0.2) is 28.7 Å². The lowest BCUT2D eigenvalue weighted by molar-refractivity contribution is 0.484. The first kappa shape index (κ1) is 13.4. The van der Waals surface area contributed by atoms with Gasteiger partial charge < -0.3 is 20.0 Å². The zero-order valence-electron chi connectivity index (χ0n) is 11.5. The van der Waals surface area contributed by atoms with Gasteiger partial charge in [0.2, 0.25) is 5.89 Å². The molecule has 0 aliphatic rings. The number of nitrogens with one attached hydrogen (secondary N) is 2. The van der Waals surface area contributed by atoms with Crippen LogP contribution >= 0.6 is 0 Å². The fourth-order valence-electron chi connectivity index (χ4n) is 1.59. The number of nitrogens with zero attached hydrogens (tertiary/aromatic N) is 3. The molecule has 2 N–H and O–H groups in total. The minimum atomic E-state index is 0.406. The number of anilines is 3. The summed E-state index contributed by atoms with van der Waals surface area (Å²) in [6.45, 7) is 3.49. The fraction of sp³-hybridized carbons (Fsp3) is 0.385. The van der Waals surface area contributed by atoms with Gasteiger partial charge in [-0.2, -0.15) is 0 Å². The number of benzene rings is 1. The number of hydrogen-bond acceptors (Lipinski definition) is 6. The normalized spacial score (nSPS) is 10.5. The van der Waals surface area contributed by atoms with Crippen LogP contribution in [0.3, 0.4) is 0 Å². The Hall–Kier alpha value is -2.08. The average molecular weight is 261 g/mol. The molecule has 6 heteroatoms. The maximum absolute atomic E-state index is 5.48. The summed E-state index contributed by atoms with van der Waals surface area (Å²) in [7, 11) is 4.00. The molecule has 0 amide bonds. The van der Waals surface area contributed by atoms with Crippen molar-refractivity contribution in [3.8, 4) is 0 Å². The van der Waals surface area contributed by atoms with Crippen molar-refractivity contribution in [2.24, 2.45) is 0 Å². The van der Waals surface area contributed by atoms with Gasteiger partial charge >= 0.3 is 6.01 Å². The molecule has 1 heterocycles. The second-order valence-electron chi connectivity index (χ2n) is 4.35.